The van der Waals surface area contributed by atoms with Gasteiger partial charge in [-0.1, -0.05) is 72.8 Å². The monoisotopic (exact) mass is 1660 g/mol. The van der Waals surface area contributed by atoms with Crippen molar-refractivity contribution in [1.29, 1.82) is 0 Å². The number of nitrogens with one attached hydrogen (secondary N) is 12. The maximum Gasteiger partial charge on any atom is 0.153 e. The molecule has 0 bridgehead atoms. The summed E-state index contributed by atoms with van der Waals surface area (Å²) in [4.78, 5) is 40.1. The molecule has 4 atom stereocenters. The summed E-state index contributed by atoms with van der Waals surface area (Å²) in [6, 6.07) is 51.9. The largest absolute Gasteiger partial charge is 0.497 e. The van der Waals surface area contributed by atoms with Crippen molar-refractivity contribution in [2.24, 2.45) is 0 Å². The number of H-pyrrole nitrogens is 4. The zero-order valence-corrected chi connectivity index (χ0v) is 67.1. The standard InChI is InChI=1S/C23H22F2N6O.C22H20F2N6.C21H19F2N7.C20H18F2N6S/c1-13(18-8-7-16(24)10-19(18)25)26-21-12-22(28-14(2)27-21)29-23-11-20(30-31-23)15-5-4-6-17(9-15)32-3;1-13(17-9-8-16(23)10-18(17)24)25-20-12-21(27-14(2)26-20)28-22-11-19(29-30-22)15-6-4-3-5-7-15;1-12(16-6-5-15(22)8-17(16)23)25-19-10-20(27-13(2)26-19)28-21-9-18(29-30-21)14-4-3-7-24-11-14;1-11(14-6-5-13(21)8-15(14)22)23-18-10-19(25-12(2)24-18)26-20-9-16(27-28-20)17-4-3-7-29-17/h4-13H,1-3H3,(H3,26,27,28,29,30,31);3-13H,1-2H3,(H3,25,26,27,28,29,30);3-12H,1-2H3,(H3,25,26,27,28,29,30);3-11H,1-2H3,(H3,23,24,25,26,27,28). The lowest BCUT2D eigenvalue weighted by molar-refractivity contribution is 0.415. The lowest BCUT2D eigenvalue weighted by atomic mass is 10.1. The minimum atomic E-state index is -0.616. The Balaban J connectivity index is 0.000000139. The van der Waals surface area contributed by atoms with Gasteiger partial charge in [-0.15, -0.1) is 11.3 Å². The molecule has 0 aliphatic carbocycles. The van der Waals surface area contributed by atoms with Gasteiger partial charge in [0.25, 0.3) is 0 Å². The Morgan fingerprint density at radius 2 is 0.645 bits per heavy atom. The lowest BCUT2D eigenvalue weighted by Crippen LogP contribution is -2.11. The fourth-order valence-electron chi connectivity index (χ4n) is 12.4. The quantitative estimate of drug-likeness (QED) is 0.0237. The Bertz CT molecular complexity index is 5990. The first-order chi connectivity index (χ1) is 58.3. The summed E-state index contributed by atoms with van der Waals surface area (Å²) in [6.07, 6.45) is 3.44. The van der Waals surface area contributed by atoms with E-state index >= 15 is 0 Å². The van der Waals surface area contributed by atoms with Gasteiger partial charge in [-0.3, -0.25) is 25.4 Å². The molecule has 16 aromatic rings. The van der Waals surface area contributed by atoms with Gasteiger partial charge in [0.1, 0.15) is 122 Å². The first-order valence-corrected chi connectivity index (χ1v) is 38.4. The molecule has 4 unspecified atom stereocenters. The number of anilines is 12. The first kappa shape index (κ1) is 83.9. The highest BCUT2D eigenvalue weighted by Crippen LogP contribution is 2.33. The molecule has 0 saturated carbocycles. The second-order valence-corrected chi connectivity index (χ2v) is 28.3. The maximum absolute atomic E-state index is 14.1. The number of aryl methyl sites for hydroxylation is 4. The van der Waals surface area contributed by atoms with Gasteiger partial charge in [0.05, 0.1) is 58.9 Å². The summed E-state index contributed by atoms with van der Waals surface area (Å²) in [7, 11) is 1.62. The van der Waals surface area contributed by atoms with E-state index in [4.69, 9.17) is 4.74 Å². The van der Waals surface area contributed by atoms with Gasteiger partial charge < -0.3 is 47.3 Å². The Hall–Kier alpha value is -15.0. The van der Waals surface area contributed by atoms with Crippen molar-refractivity contribution in [1.82, 2.24) is 85.6 Å². The number of aromatic nitrogens is 17. The van der Waals surface area contributed by atoms with Gasteiger partial charge in [-0.25, -0.2) is 75.0 Å². The highest BCUT2D eigenvalue weighted by Gasteiger charge is 2.21. The van der Waals surface area contributed by atoms with Crippen LogP contribution in [0.5, 0.6) is 5.75 Å². The fraction of sp³-hybridized carbons (Fsp3) is 0.151. The van der Waals surface area contributed by atoms with E-state index in [0.29, 0.717) is 115 Å². The van der Waals surface area contributed by atoms with Crippen LogP contribution in [0.4, 0.5) is 105 Å². The van der Waals surface area contributed by atoms with Crippen molar-refractivity contribution in [3.05, 3.63) is 310 Å². The number of nitrogens with zero attached hydrogens (tertiary/aromatic N) is 13. The van der Waals surface area contributed by atoms with Crippen LogP contribution in [-0.4, -0.2) is 92.8 Å². The predicted molar refractivity (Wildman–Crippen MR) is 452 cm³/mol. The van der Waals surface area contributed by atoms with Gasteiger partial charge in [0.2, 0.25) is 0 Å². The maximum atomic E-state index is 14.1. The van der Waals surface area contributed by atoms with Crippen molar-refractivity contribution >= 4 is 81.2 Å². The molecule has 35 heteroatoms. The normalized spacial score (nSPS) is 11.9. The van der Waals surface area contributed by atoms with E-state index in [-0.39, 0.29) is 0 Å². The molecule has 6 aromatic carbocycles. The molecule has 0 saturated heterocycles. The molecule has 10 aromatic heterocycles. The smallest absolute Gasteiger partial charge is 0.153 e. The van der Waals surface area contributed by atoms with Gasteiger partial charge in [-0.05, 0) is 121 Å². The van der Waals surface area contributed by atoms with Crippen LogP contribution >= 0.6 is 11.3 Å². The third kappa shape index (κ3) is 23.0. The topological polar surface area (TPSA) is 336 Å². The summed E-state index contributed by atoms with van der Waals surface area (Å²) >= 11 is 1.62. The molecular weight excluding hydrogens is 1580 g/mol. The Morgan fingerprint density at radius 3 is 0.983 bits per heavy atom. The third-order valence-corrected chi connectivity index (χ3v) is 19.0. The van der Waals surface area contributed by atoms with E-state index in [1.807, 2.05) is 109 Å². The van der Waals surface area contributed by atoms with Gasteiger partial charge in [-0.2, -0.15) is 20.4 Å². The van der Waals surface area contributed by atoms with E-state index in [9.17, 15) is 35.1 Å². The highest BCUT2D eigenvalue weighted by molar-refractivity contribution is 7.13. The number of aromatic amines is 4. The van der Waals surface area contributed by atoms with Crippen LogP contribution in [0.15, 0.2) is 218 Å². The van der Waals surface area contributed by atoms with Crippen molar-refractivity contribution in [3.8, 4) is 50.1 Å². The molecule has 0 fully saturated rings. The van der Waals surface area contributed by atoms with Crippen LogP contribution in [0.25, 0.3) is 44.3 Å². The van der Waals surface area contributed by atoms with Gasteiger partial charge in [0, 0.05) is 119 Å². The highest BCUT2D eigenvalue weighted by atomic mass is 32.1. The van der Waals surface area contributed by atoms with Crippen LogP contribution in [-0.2, 0) is 0 Å². The van der Waals surface area contributed by atoms with Gasteiger partial charge >= 0.3 is 0 Å². The van der Waals surface area contributed by atoms with Crippen LogP contribution in [0.1, 0.15) is 97.4 Å². The molecule has 16 rings (SSSR count). The second kappa shape index (κ2) is 38.8. The Morgan fingerprint density at radius 1 is 0.314 bits per heavy atom. The second-order valence-electron chi connectivity index (χ2n) is 27.4. The average Bonchev–Trinajstić information content (AvgIpc) is 1.79. The van der Waals surface area contributed by atoms with Crippen molar-refractivity contribution in [2.45, 2.75) is 79.6 Å². The number of halogens is 8. The minimum Gasteiger partial charge on any atom is -0.497 e. The molecule has 0 spiro atoms. The van der Waals surface area contributed by atoms with Crippen LogP contribution in [0, 0.1) is 74.2 Å². The molecule has 10 heterocycles. The van der Waals surface area contributed by atoms with Gasteiger partial charge in [0.15, 0.2) is 23.3 Å². The SMILES string of the molecule is COc1cccc(-c2cc(Nc3cc(NC(C)c4ccc(F)cc4F)nc(C)n3)n[nH]2)c1.Cc1nc(Nc2cc(-c3ccccc3)[nH]n2)cc(NC(C)c2ccc(F)cc2F)n1.Cc1nc(Nc2cc(-c3cccnc3)[nH]n2)cc(NC(C)c2ccc(F)cc2F)n1.Cc1nc(Nc2cc(-c3cccs3)[nH]n2)cc(NC(C)c2ccc(F)cc2F)n1. The summed E-state index contributed by atoms with van der Waals surface area (Å²) in [6.45, 7) is 14.1. The average molecular weight is 1660 g/mol. The lowest BCUT2D eigenvalue weighted by Gasteiger charge is -2.16. The minimum absolute atomic E-state index is 0.340. The van der Waals surface area contributed by atoms with E-state index < -0.39 is 70.7 Å². The third-order valence-electron chi connectivity index (χ3n) is 18.1. The number of pyridine rings is 1. The van der Waals surface area contributed by atoms with E-state index in [1.165, 1.54) is 48.5 Å². The summed E-state index contributed by atoms with van der Waals surface area (Å²) in [5.41, 5.74) is 7.67. The summed E-state index contributed by atoms with van der Waals surface area (Å²) in [5, 5.41) is 56.1. The van der Waals surface area contributed by atoms with Crippen molar-refractivity contribution in [2.75, 3.05) is 49.6 Å². The first-order valence-electron chi connectivity index (χ1n) is 37.6. The summed E-state index contributed by atoms with van der Waals surface area (Å²) in [5.74, 6) is 4.55. The molecule has 0 aliphatic rings. The Labute approximate surface area is 692 Å². The number of rotatable bonds is 25. The van der Waals surface area contributed by atoms with E-state index in [1.54, 1.807) is 110 Å². The fourth-order valence-corrected chi connectivity index (χ4v) is 13.1. The molecular formula is C86H79F8N25OS. The number of ether oxygens (including phenoxy) is 1. The molecule has 0 aliphatic heterocycles. The van der Waals surface area contributed by atoms with Crippen molar-refractivity contribution < 1.29 is 39.9 Å². The zero-order chi connectivity index (χ0) is 85.2. The Kier molecular flexibility index (Phi) is 26.9. The predicted octanol–water partition coefficient (Wildman–Crippen LogP) is 20.9. The number of methoxy groups -OCH3 is 1. The van der Waals surface area contributed by atoms with Crippen LogP contribution < -0.4 is 47.3 Å². The summed E-state index contributed by atoms with van der Waals surface area (Å²) < 4.78 is 114. The molecule has 0 radical (unpaired) electrons. The van der Waals surface area contributed by atoms with Crippen LogP contribution in [0.2, 0.25) is 0 Å². The molecule has 0 amide bonds. The molecule has 26 nitrogen and oxygen atoms in total. The number of hydrogen-bond donors (Lipinski definition) is 12. The molecule has 121 heavy (non-hydrogen) atoms. The van der Waals surface area contributed by atoms with E-state index in [0.717, 1.165) is 74.4 Å². The number of benzene rings is 6. The molecule has 12 N–H and O–H groups in total. The number of hydrogen-bond acceptors (Lipinski definition) is 23. The number of thiophene rings is 1. The van der Waals surface area contributed by atoms with Crippen molar-refractivity contribution in [3.63, 3.8) is 0 Å². The van der Waals surface area contributed by atoms with Crippen LogP contribution in [0.3, 0.4) is 0 Å². The van der Waals surface area contributed by atoms with E-state index in [2.05, 4.69) is 128 Å². The zero-order valence-electron chi connectivity index (χ0n) is 66.2. The molecule has 616 valence electrons.